The molecule has 1 fully saturated rings. The summed E-state index contributed by atoms with van der Waals surface area (Å²) in [4.78, 5) is 0. The molecule has 22 heavy (non-hydrogen) atoms. The van der Waals surface area contributed by atoms with E-state index in [-0.39, 0.29) is 0 Å². The van der Waals surface area contributed by atoms with Gasteiger partial charge in [0.05, 0.1) is 0 Å². The molecule has 3 unspecified atom stereocenters. The summed E-state index contributed by atoms with van der Waals surface area (Å²) in [6.07, 6.45) is 8.60. The first kappa shape index (κ1) is 19.1. The van der Waals surface area contributed by atoms with Crippen molar-refractivity contribution in [2.45, 2.75) is 80.6 Å². The van der Waals surface area contributed by atoms with Crippen LogP contribution in [0.3, 0.4) is 0 Å². The molecule has 1 saturated carbocycles. The molecular formula is C21H37N. The van der Waals surface area contributed by atoms with Crippen LogP contribution in [-0.2, 0) is 0 Å². The Kier molecular flexibility index (Phi) is 7.45. The normalized spacial score (nSPS) is 28.5. The zero-order chi connectivity index (χ0) is 16.9. The van der Waals surface area contributed by atoms with E-state index in [2.05, 4.69) is 47.6 Å². The first-order valence-electron chi connectivity index (χ1n) is 9.15. The van der Waals surface area contributed by atoms with Crippen molar-refractivity contribution in [2.75, 3.05) is 0 Å². The minimum absolute atomic E-state index is 0.722. The predicted octanol–water partition coefficient (Wildman–Crippen LogP) is 6.37. The van der Waals surface area contributed by atoms with Crippen LogP contribution in [0, 0.1) is 17.8 Å². The van der Waals surface area contributed by atoms with Gasteiger partial charge in [-0.3, -0.25) is 0 Å². The van der Waals surface area contributed by atoms with Crippen molar-refractivity contribution >= 4 is 0 Å². The first-order chi connectivity index (χ1) is 10.3. The van der Waals surface area contributed by atoms with Crippen LogP contribution in [-0.4, -0.2) is 0 Å². The lowest BCUT2D eigenvalue weighted by Gasteiger charge is -2.39. The highest BCUT2D eigenvalue weighted by Gasteiger charge is 2.32. The van der Waals surface area contributed by atoms with E-state index in [4.69, 9.17) is 5.73 Å². The standard InChI is InChI=1S/C21H37N/c1-8-17(16(7)22)11-20-13-19(15(6)14(4)5)12-18(9-2)21(20)10-3/h11,18-19,21H,8-10,12-13,22H2,1-7H3/b17-16+,20-11-. The highest BCUT2D eigenvalue weighted by Crippen LogP contribution is 2.44. The molecule has 3 atom stereocenters. The Morgan fingerprint density at radius 1 is 1.09 bits per heavy atom. The minimum atomic E-state index is 0.722. The van der Waals surface area contributed by atoms with Crippen molar-refractivity contribution in [2.24, 2.45) is 23.5 Å². The molecule has 0 aromatic carbocycles. The van der Waals surface area contributed by atoms with Crippen LogP contribution in [0.5, 0.6) is 0 Å². The monoisotopic (exact) mass is 303 g/mol. The Bertz CT molecular complexity index is 456. The number of hydrogen-bond acceptors (Lipinski definition) is 1. The van der Waals surface area contributed by atoms with Gasteiger partial charge in [0.1, 0.15) is 0 Å². The second-order valence-corrected chi connectivity index (χ2v) is 7.28. The summed E-state index contributed by atoms with van der Waals surface area (Å²) in [5.74, 6) is 2.28. The van der Waals surface area contributed by atoms with E-state index in [9.17, 15) is 0 Å². The molecule has 2 N–H and O–H groups in total. The highest BCUT2D eigenvalue weighted by atomic mass is 14.6. The van der Waals surface area contributed by atoms with Gasteiger partial charge in [-0.25, -0.2) is 0 Å². The molecule has 0 aromatic heterocycles. The van der Waals surface area contributed by atoms with Crippen molar-refractivity contribution < 1.29 is 0 Å². The van der Waals surface area contributed by atoms with Gasteiger partial charge in [-0.2, -0.15) is 0 Å². The molecule has 0 aliphatic heterocycles. The van der Waals surface area contributed by atoms with E-state index >= 15 is 0 Å². The molecule has 0 heterocycles. The fraction of sp³-hybridized carbons (Fsp3) is 0.714. The van der Waals surface area contributed by atoms with Gasteiger partial charge >= 0.3 is 0 Å². The van der Waals surface area contributed by atoms with Crippen LogP contribution < -0.4 is 5.73 Å². The quantitative estimate of drug-likeness (QED) is 0.586. The summed E-state index contributed by atoms with van der Waals surface area (Å²) in [5.41, 5.74) is 13.1. The third-order valence-corrected chi connectivity index (χ3v) is 5.73. The maximum atomic E-state index is 6.09. The summed E-state index contributed by atoms with van der Waals surface area (Å²) >= 11 is 0. The maximum Gasteiger partial charge on any atom is 0.00813 e. The topological polar surface area (TPSA) is 26.0 Å². The van der Waals surface area contributed by atoms with E-state index in [0.717, 1.165) is 29.9 Å². The van der Waals surface area contributed by atoms with Crippen molar-refractivity contribution in [3.05, 3.63) is 34.1 Å². The molecule has 1 rings (SSSR count). The largest absolute Gasteiger partial charge is 0.402 e. The number of nitrogens with two attached hydrogens (primary N) is 1. The Hall–Kier alpha value is -0.980. The van der Waals surface area contributed by atoms with Gasteiger partial charge in [-0.05, 0) is 76.7 Å². The van der Waals surface area contributed by atoms with Gasteiger partial charge in [0, 0.05) is 5.70 Å². The molecule has 1 heteroatoms. The van der Waals surface area contributed by atoms with Crippen molar-refractivity contribution in [1.29, 1.82) is 0 Å². The molecule has 0 radical (unpaired) electrons. The SMILES string of the molecule is CCC(/C=C1/CC(C(C)=C(C)C)CC(CC)C1CC)=C(/C)N. The van der Waals surface area contributed by atoms with E-state index in [1.54, 1.807) is 11.1 Å². The second-order valence-electron chi connectivity index (χ2n) is 7.28. The van der Waals surface area contributed by atoms with Crippen LogP contribution in [0.25, 0.3) is 0 Å². The van der Waals surface area contributed by atoms with Gasteiger partial charge in [-0.15, -0.1) is 0 Å². The Morgan fingerprint density at radius 2 is 1.73 bits per heavy atom. The van der Waals surface area contributed by atoms with Crippen LogP contribution in [0.15, 0.2) is 34.1 Å². The lowest BCUT2D eigenvalue weighted by atomic mass is 9.66. The molecule has 126 valence electrons. The molecule has 0 amide bonds. The summed E-state index contributed by atoms with van der Waals surface area (Å²) in [5, 5.41) is 0. The Balaban J connectivity index is 3.22. The van der Waals surface area contributed by atoms with Gasteiger partial charge < -0.3 is 5.73 Å². The molecule has 1 aliphatic carbocycles. The van der Waals surface area contributed by atoms with Crippen LogP contribution in [0.4, 0.5) is 0 Å². The fourth-order valence-corrected chi connectivity index (χ4v) is 4.02. The molecule has 1 aliphatic rings. The molecule has 0 saturated heterocycles. The predicted molar refractivity (Wildman–Crippen MR) is 99.6 cm³/mol. The number of allylic oxidation sites excluding steroid dienone is 6. The van der Waals surface area contributed by atoms with Gasteiger partial charge in [0.2, 0.25) is 0 Å². The second kappa shape index (κ2) is 8.60. The molecule has 0 aromatic rings. The molecule has 0 spiro atoms. The first-order valence-corrected chi connectivity index (χ1v) is 9.15. The van der Waals surface area contributed by atoms with Crippen LogP contribution in [0.2, 0.25) is 0 Å². The lowest BCUT2D eigenvalue weighted by molar-refractivity contribution is 0.246. The fourth-order valence-electron chi connectivity index (χ4n) is 4.02. The average Bonchev–Trinajstić information content (AvgIpc) is 2.50. The van der Waals surface area contributed by atoms with Gasteiger partial charge in [-0.1, -0.05) is 50.0 Å². The van der Waals surface area contributed by atoms with Gasteiger partial charge in [0.15, 0.2) is 0 Å². The summed E-state index contributed by atoms with van der Waals surface area (Å²) in [6.45, 7) is 15.8. The van der Waals surface area contributed by atoms with Crippen molar-refractivity contribution in [1.82, 2.24) is 0 Å². The number of rotatable bonds is 5. The zero-order valence-corrected chi connectivity index (χ0v) is 15.9. The van der Waals surface area contributed by atoms with Crippen molar-refractivity contribution in [3.8, 4) is 0 Å². The van der Waals surface area contributed by atoms with Crippen molar-refractivity contribution in [3.63, 3.8) is 0 Å². The zero-order valence-electron chi connectivity index (χ0n) is 15.9. The Morgan fingerprint density at radius 3 is 2.14 bits per heavy atom. The maximum absolute atomic E-state index is 6.09. The van der Waals surface area contributed by atoms with E-state index in [1.807, 2.05) is 6.92 Å². The molecule has 1 nitrogen and oxygen atoms in total. The van der Waals surface area contributed by atoms with E-state index < -0.39 is 0 Å². The smallest absolute Gasteiger partial charge is 0.00813 e. The lowest BCUT2D eigenvalue weighted by Crippen LogP contribution is -2.27. The van der Waals surface area contributed by atoms with Gasteiger partial charge in [0.25, 0.3) is 0 Å². The highest BCUT2D eigenvalue weighted by molar-refractivity contribution is 5.31. The third kappa shape index (κ3) is 4.51. The third-order valence-electron chi connectivity index (χ3n) is 5.73. The minimum Gasteiger partial charge on any atom is -0.402 e. The van der Waals surface area contributed by atoms with Crippen LogP contribution in [0.1, 0.15) is 80.6 Å². The Labute approximate surface area is 138 Å². The molecule has 0 bridgehead atoms. The van der Waals surface area contributed by atoms with Crippen LogP contribution >= 0.6 is 0 Å². The van der Waals surface area contributed by atoms with E-state index in [1.165, 1.54) is 36.8 Å². The molecular weight excluding hydrogens is 266 g/mol. The average molecular weight is 304 g/mol. The summed E-state index contributed by atoms with van der Waals surface area (Å²) < 4.78 is 0. The van der Waals surface area contributed by atoms with E-state index in [0.29, 0.717) is 0 Å². The summed E-state index contributed by atoms with van der Waals surface area (Å²) in [7, 11) is 0. The summed E-state index contributed by atoms with van der Waals surface area (Å²) in [6, 6.07) is 0. The number of hydrogen-bond donors (Lipinski definition) is 1.